The van der Waals surface area contributed by atoms with Crippen molar-refractivity contribution in [1.29, 1.82) is 0 Å². The highest BCUT2D eigenvalue weighted by molar-refractivity contribution is 5.91. The van der Waals surface area contributed by atoms with Crippen molar-refractivity contribution in [2.75, 3.05) is 20.7 Å². The summed E-state index contributed by atoms with van der Waals surface area (Å²) in [5.74, 6) is 0.319. The monoisotopic (exact) mass is 312 g/mol. The lowest BCUT2D eigenvalue weighted by molar-refractivity contribution is -0.124. The molecule has 0 saturated heterocycles. The fourth-order valence-electron chi connectivity index (χ4n) is 2.31. The minimum atomic E-state index is -0.227. The molecule has 120 valence electrons. The molecule has 0 aromatic carbocycles. The van der Waals surface area contributed by atoms with E-state index in [1.807, 2.05) is 24.3 Å². The molecular formula is C18H20N2O3. The van der Waals surface area contributed by atoms with Crippen LogP contribution in [-0.2, 0) is 14.3 Å². The van der Waals surface area contributed by atoms with Crippen molar-refractivity contribution < 1.29 is 14.3 Å². The minimum Gasteiger partial charge on any atom is -0.500 e. The molecule has 1 amide bonds. The average Bonchev–Trinajstić information content (AvgIpc) is 2.60. The molecule has 5 heteroatoms. The van der Waals surface area contributed by atoms with Crippen LogP contribution in [0.1, 0.15) is 12.0 Å². The molecule has 0 bridgehead atoms. The fourth-order valence-corrected chi connectivity index (χ4v) is 2.31. The molecule has 1 aliphatic rings. The SMILES string of the molecule is COC1=CC(CN(C)C(=O)/C=C/c2cccnc2)=CCC1C=O. The van der Waals surface area contributed by atoms with E-state index in [0.29, 0.717) is 18.7 Å². The number of aldehydes is 1. The van der Waals surface area contributed by atoms with E-state index in [1.54, 1.807) is 37.5 Å². The minimum absolute atomic E-state index is 0.0976. The number of hydrogen-bond donors (Lipinski definition) is 0. The topological polar surface area (TPSA) is 59.5 Å². The number of nitrogens with zero attached hydrogens (tertiary/aromatic N) is 2. The van der Waals surface area contributed by atoms with E-state index in [0.717, 1.165) is 17.4 Å². The number of pyridine rings is 1. The molecule has 1 atom stereocenters. The van der Waals surface area contributed by atoms with Gasteiger partial charge in [0.1, 0.15) is 12.0 Å². The van der Waals surface area contributed by atoms with E-state index < -0.39 is 0 Å². The van der Waals surface area contributed by atoms with E-state index >= 15 is 0 Å². The van der Waals surface area contributed by atoms with Gasteiger partial charge in [-0.1, -0.05) is 12.1 Å². The van der Waals surface area contributed by atoms with Crippen molar-refractivity contribution in [3.05, 3.63) is 59.7 Å². The molecule has 0 fully saturated rings. The Bertz CT molecular complexity index is 647. The first kappa shape index (κ1) is 16.7. The number of amides is 1. The van der Waals surface area contributed by atoms with E-state index in [9.17, 15) is 9.59 Å². The van der Waals surface area contributed by atoms with Crippen LogP contribution in [0.4, 0.5) is 0 Å². The Morgan fingerprint density at radius 3 is 3.00 bits per heavy atom. The maximum absolute atomic E-state index is 12.1. The van der Waals surface area contributed by atoms with Gasteiger partial charge in [0.2, 0.25) is 5.91 Å². The standard InChI is InChI=1S/C18H20N2O3/c1-20(18(22)8-6-14-4-3-9-19-11-14)12-15-5-7-16(13-21)17(10-15)23-2/h3-6,8-11,13,16H,7,12H2,1-2H3/b8-6+. The summed E-state index contributed by atoms with van der Waals surface area (Å²) in [7, 11) is 3.29. The Balaban J connectivity index is 1.96. The van der Waals surface area contributed by atoms with Crippen molar-refractivity contribution in [3.8, 4) is 0 Å². The lowest BCUT2D eigenvalue weighted by Crippen LogP contribution is -2.27. The summed E-state index contributed by atoms with van der Waals surface area (Å²) in [5.41, 5.74) is 1.84. The number of carbonyl (C=O) groups is 2. The highest BCUT2D eigenvalue weighted by Gasteiger charge is 2.19. The molecule has 2 rings (SSSR count). The van der Waals surface area contributed by atoms with Gasteiger partial charge in [0.15, 0.2) is 0 Å². The molecule has 0 spiro atoms. The van der Waals surface area contributed by atoms with Crippen LogP contribution >= 0.6 is 0 Å². The highest BCUT2D eigenvalue weighted by atomic mass is 16.5. The summed E-state index contributed by atoms with van der Waals surface area (Å²) in [5, 5.41) is 0. The van der Waals surface area contributed by atoms with Gasteiger partial charge in [-0.25, -0.2) is 0 Å². The molecule has 0 saturated carbocycles. The van der Waals surface area contributed by atoms with Gasteiger partial charge in [-0.2, -0.15) is 0 Å². The van der Waals surface area contributed by atoms with Gasteiger partial charge in [0, 0.05) is 32.1 Å². The molecule has 0 N–H and O–H groups in total. The number of likely N-dealkylation sites (N-methyl/N-ethyl adjacent to an activating group) is 1. The van der Waals surface area contributed by atoms with E-state index in [1.165, 1.54) is 6.08 Å². The Kier molecular flexibility index (Phi) is 5.86. The van der Waals surface area contributed by atoms with Gasteiger partial charge in [-0.05, 0) is 35.8 Å². The summed E-state index contributed by atoms with van der Waals surface area (Å²) in [6.07, 6.45) is 11.9. The Morgan fingerprint density at radius 1 is 1.52 bits per heavy atom. The normalized spacial score (nSPS) is 17.4. The molecule has 1 aromatic heterocycles. The number of rotatable bonds is 6. The lowest BCUT2D eigenvalue weighted by Gasteiger charge is -2.21. The third-order valence-electron chi connectivity index (χ3n) is 3.63. The number of hydrogen-bond acceptors (Lipinski definition) is 4. The summed E-state index contributed by atoms with van der Waals surface area (Å²) in [6.45, 7) is 0.467. The smallest absolute Gasteiger partial charge is 0.246 e. The molecule has 0 radical (unpaired) electrons. The molecule has 1 unspecified atom stereocenters. The Morgan fingerprint density at radius 2 is 2.35 bits per heavy atom. The van der Waals surface area contributed by atoms with Gasteiger partial charge in [0.05, 0.1) is 13.0 Å². The third-order valence-corrected chi connectivity index (χ3v) is 3.63. The van der Waals surface area contributed by atoms with Crippen LogP contribution in [0.15, 0.2) is 54.1 Å². The maximum Gasteiger partial charge on any atom is 0.246 e. The van der Waals surface area contributed by atoms with Crippen LogP contribution in [0, 0.1) is 5.92 Å². The lowest BCUT2D eigenvalue weighted by atomic mass is 9.95. The van der Waals surface area contributed by atoms with E-state index in [4.69, 9.17) is 4.74 Å². The first-order valence-corrected chi connectivity index (χ1v) is 7.37. The summed E-state index contributed by atoms with van der Waals surface area (Å²) < 4.78 is 5.24. The Labute approximate surface area is 136 Å². The van der Waals surface area contributed by atoms with Crippen molar-refractivity contribution in [2.45, 2.75) is 6.42 Å². The zero-order valence-electron chi connectivity index (χ0n) is 13.3. The number of ether oxygens (including phenoxy) is 1. The van der Waals surface area contributed by atoms with Crippen molar-refractivity contribution in [1.82, 2.24) is 9.88 Å². The molecule has 1 aromatic rings. The second-order valence-corrected chi connectivity index (χ2v) is 5.32. The average molecular weight is 312 g/mol. The predicted molar refractivity (Wildman–Crippen MR) is 88.3 cm³/mol. The van der Waals surface area contributed by atoms with E-state index in [-0.39, 0.29) is 11.8 Å². The summed E-state index contributed by atoms with van der Waals surface area (Å²) in [4.78, 5) is 28.7. The van der Waals surface area contributed by atoms with Gasteiger partial charge >= 0.3 is 0 Å². The van der Waals surface area contributed by atoms with Crippen LogP contribution in [0.3, 0.4) is 0 Å². The predicted octanol–water partition coefficient (Wildman–Crippen LogP) is 2.23. The van der Waals surface area contributed by atoms with Crippen molar-refractivity contribution in [2.24, 2.45) is 5.92 Å². The van der Waals surface area contributed by atoms with Gasteiger partial charge in [0.25, 0.3) is 0 Å². The zero-order valence-corrected chi connectivity index (χ0v) is 13.3. The molecular weight excluding hydrogens is 292 g/mol. The molecule has 1 aliphatic carbocycles. The van der Waals surface area contributed by atoms with Crippen LogP contribution in [0.25, 0.3) is 6.08 Å². The maximum atomic E-state index is 12.1. The molecule has 5 nitrogen and oxygen atoms in total. The van der Waals surface area contributed by atoms with Gasteiger partial charge in [-0.15, -0.1) is 0 Å². The quantitative estimate of drug-likeness (QED) is 0.597. The third kappa shape index (κ3) is 4.64. The van der Waals surface area contributed by atoms with Crippen LogP contribution in [0.2, 0.25) is 0 Å². The number of allylic oxidation sites excluding steroid dienone is 2. The summed E-state index contributed by atoms with van der Waals surface area (Å²) in [6, 6.07) is 3.70. The van der Waals surface area contributed by atoms with Crippen LogP contribution in [-0.4, -0.2) is 42.8 Å². The molecule has 23 heavy (non-hydrogen) atoms. The Hall–Kier alpha value is -2.69. The van der Waals surface area contributed by atoms with Crippen LogP contribution in [0.5, 0.6) is 0 Å². The van der Waals surface area contributed by atoms with Gasteiger partial charge in [-0.3, -0.25) is 9.78 Å². The number of methoxy groups -OCH3 is 1. The zero-order chi connectivity index (χ0) is 16.7. The second kappa shape index (κ2) is 8.08. The largest absolute Gasteiger partial charge is 0.500 e. The first-order valence-electron chi connectivity index (χ1n) is 7.37. The first-order chi connectivity index (χ1) is 11.1. The second-order valence-electron chi connectivity index (χ2n) is 5.32. The van der Waals surface area contributed by atoms with E-state index in [2.05, 4.69) is 4.98 Å². The van der Waals surface area contributed by atoms with Crippen molar-refractivity contribution in [3.63, 3.8) is 0 Å². The highest BCUT2D eigenvalue weighted by Crippen LogP contribution is 2.23. The fraction of sp³-hybridized carbons (Fsp3) is 0.278. The molecule has 0 aliphatic heterocycles. The number of aromatic nitrogens is 1. The molecule has 1 heterocycles. The number of carbonyl (C=O) groups excluding carboxylic acids is 2. The van der Waals surface area contributed by atoms with Gasteiger partial charge < -0.3 is 14.4 Å². The van der Waals surface area contributed by atoms with Crippen LogP contribution < -0.4 is 0 Å². The summed E-state index contributed by atoms with van der Waals surface area (Å²) >= 11 is 0. The van der Waals surface area contributed by atoms with Crippen molar-refractivity contribution >= 4 is 18.3 Å².